The van der Waals surface area contributed by atoms with Crippen molar-refractivity contribution in [3.8, 4) is 5.75 Å². The van der Waals surface area contributed by atoms with E-state index >= 15 is 0 Å². The Hall–Kier alpha value is -0.580. The summed E-state index contributed by atoms with van der Waals surface area (Å²) in [6, 6.07) is 6.28. The van der Waals surface area contributed by atoms with Crippen LogP contribution in [0.1, 0.15) is 44.2 Å². The fourth-order valence-electron chi connectivity index (χ4n) is 3.49. The van der Waals surface area contributed by atoms with Gasteiger partial charge in [0, 0.05) is 35.6 Å². The predicted molar refractivity (Wildman–Crippen MR) is 85.0 cm³/mol. The van der Waals surface area contributed by atoms with Crippen LogP contribution in [0.2, 0.25) is 0 Å². The molecule has 1 spiro atoms. The average Bonchev–Trinajstić information content (AvgIpc) is 2.43. The molecule has 1 unspecified atom stereocenters. The van der Waals surface area contributed by atoms with Gasteiger partial charge in [-0.05, 0) is 44.0 Å². The van der Waals surface area contributed by atoms with Crippen LogP contribution in [-0.2, 0) is 0 Å². The summed E-state index contributed by atoms with van der Waals surface area (Å²) in [4.78, 5) is 2.54. The van der Waals surface area contributed by atoms with E-state index in [2.05, 4.69) is 39.9 Å². The van der Waals surface area contributed by atoms with Crippen molar-refractivity contribution in [2.24, 2.45) is 5.73 Å². The van der Waals surface area contributed by atoms with Crippen molar-refractivity contribution in [2.75, 3.05) is 19.6 Å². The summed E-state index contributed by atoms with van der Waals surface area (Å²) < 4.78 is 7.46. The molecule has 110 valence electrons. The molecule has 3 nitrogen and oxygen atoms in total. The summed E-state index contributed by atoms with van der Waals surface area (Å²) in [5, 5.41) is 0. The van der Waals surface area contributed by atoms with Crippen LogP contribution in [0, 0.1) is 0 Å². The number of benzene rings is 1. The summed E-state index contributed by atoms with van der Waals surface area (Å²) in [5.74, 6) is 0.982. The molecule has 0 aliphatic carbocycles. The molecule has 1 aromatic rings. The molecule has 0 amide bonds. The Kier molecular flexibility index (Phi) is 4.07. The maximum atomic E-state index is 6.40. The van der Waals surface area contributed by atoms with Gasteiger partial charge in [0.25, 0.3) is 0 Å². The second kappa shape index (κ2) is 5.66. The minimum absolute atomic E-state index is 0.0372. The van der Waals surface area contributed by atoms with Crippen molar-refractivity contribution < 1.29 is 4.74 Å². The number of nitrogens with zero attached hydrogens (tertiary/aromatic N) is 1. The molecule has 0 saturated carbocycles. The Morgan fingerprint density at radius 2 is 2.15 bits per heavy atom. The quantitative estimate of drug-likeness (QED) is 0.897. The summed E-state index contributed by atoms with van der Waals surface area (Å²) in [6.07, 6.45) is 4.35. The molecule has 2 aliphatic heterocycles. The molecule has 20 heavy (non-hydrogen) atoms. The topological polar surface area (TPSA) is 38.5 Å². The van der Waals surface area contributed by atoms with Gasteiger partial charge in [-0.25, -0.2) is 0 Å². The number of hydrogen-bond donors (Lipinski definition) is 1. The van der Waals surface area contributed by atoms with E-state index in [9.17, 15) is 0 Å². The number of fused-ring (bicyclic) bond motifs is 1. The number of piperidine rings is 1. The van der Waals surface area contributed by atoms with E-state index in [0.29, 0.717) is 0 Å². The fourth-order valence-corrected chi connectivity index (χ4v) is 3.87. The van der Waals surface area contributed by atoms with Gasteiger partial charge in [0.05, 0.1) is 0 Å². The Labute approximate surface area is 129 Å². The third kappa shape index (κ3) is 2.74. The third-order valence-electron chi connectivity index (χ3n) is 4.60. The zero-order valence-corrected chi connectivity index (χ0v) is 13.7. The van der Waals surface area contributed by atoms with E-state index < -0.39 is 0 Å². The number of nitrogens with two attached hydrogens (primary N) is 1. The summed E-state index contributed by atoms with van der Waals surface area (Å²) in [6.45, 7) is 5.70. The van der Waals surface area contributed by atoms with E-state index in [0.717, 1.165) is 48.1 Å². The SMILES string of the molecule is CCCN1CCC2(CC1)CC(N)c1cc(Br)ccc1O2. The van der Waals surface area contributed by atoms with Crippen LogP contribution < -0.4 is 10.5 Å². The Morgan fingerprint density at radius 1 is 1.40 bits per heavy atom. The van der Waals surface area contributed by atoms with Gasteiger partial charge in [-0.3, -0.25) is 0 Å². The number of likely N-dealkylation sites (tertiary alicyclic amines) is 1. The number of halogens is 1. The lowest BCUT2D eigenvalue weighted by Gasteiger charge is -2.46. The molecule has 0 radical (unpaired) electrons. The molecule has 1 saturated heterocycles. The van der Waals surface area contributed by atoms with Crippen molar-refractivity contribution in [3.63, 3.8) is 0 Å². The first-order valence-electron chi connectivity index (χ1n) is 7.58. The van der Waals surface area contributed by atoms with Crippen molar-refractivity contribution in [3.05, 3.63) is 28.2 Å². The maximum Gasteiger partial charge on any atom is 0.124 e. The lowest BCUT2D eigenvalue weighted by molar-refractivity contribution is -0.0216. The van der Waals surface area contributed by atoms with Crippen LogP contribution in [-0.4, -0.2) is 30.1 Å². The molecule has 4 heteroatoms. The fraction of sp³-hybridized carbons (Fsp3) is 0.625. The maximum absolute atomic E-state index is 6.40. The molecule has 1 aromatic carbocycles. The first-order valence-corrected chi connectivity index (χ1v) is 8.37. The molecule has 3 rings (SSSR count). The molecule has 1 fully saturated rings. The zero-order chi connectivity index (χ0) is 14.2. The van der Waals surface area contributed by atoms with Crippen LogP contribution in [0.3, 0.4) is 0 Å². The van der Waals surface area contributed by atoms with Gasteiger partial charge in [-0.2, -0.15) is 0 Å². The van der Waals surface area contributed by atoms with Crippen molar-refractivity contribution in [2.45, 2.75) is 44.2 Å². The van der Waals surface area contributed by atoms with Crippen molar-refractivity contribution >= 4 is 15.9 Å². The van der Waals surface area contributed by atoms with Gasteiger partial charge in [0.1, 0.15) is 11.4 Å². The van der Waals surface area contributed by atoms with Crippen LogP contribution in [0.15, 0.2) is 22.7 Å². The van der Waals surface area contributed by atoms with Crippen LogP contribution >= 0.6 is 15.9 Å². The molecule has 0 bridgehead atoms. The number of rotatable bonds is 2. The molecular weight excluding hydrogens is 316 g/mol. The highest BCUT2D eigenvalue weighted by Gasteiger charge is 2.42. The van der Waals surface area contributed by atoms with E-state index in [4.69, 9.17) is 10.5 Å². The largest absolute Gasteiger partial charge is 0.487 e. The number of ether oxygens (including phenoxy) is 1. The minimum Gasteiger partial charge on any atom is -0.487 e. The van der Waals surface area contributed by atoms with Gasteiger partial charge in [0.2, 0.25) is 0 Å². The van der Waals surface area contributed by atoms with Gasteiger partial charge in [0.15, 0.2) is 0 Å². The first-order chi connectivity index (χ1) is 9.62. The number of hydrogen-bond acceptors (Lipinski definition) is 3. The Bertz CT molecular complexity index is 483. The summed E-state index contributed by atoms with van der Waals surface area (Å²) in [7, 11) is 0. The first kappa shape index (κ1) is 14.4. The van der Waals surface area contributed by atoms with Crippen molar-refractivity contribution in [1.82, 2.24) is 4.90 Å². The third-order valence-corrected chi connectivity index (χ3v) is 5.09. The smallest absolute Gasteiger partial charge is 0.124 e. The van der Waals surface area contributed by atoms with E-state index in [-0.39, 0.29) is 11.6 Å². The molecule has 0 aromatic heterocycles. The second-order valence-electron chi connectivity index (χ2n) is 6.12. The lowest BCUT2D eigenvalue weighted by atomic mass is 9.81. The van der Waals surface area contributed by atoms with E-state index in [1.54, 1.807) is 0 Å². The van der Waals surface area contributed by atoms with E-state index in [1.807, 2.05) is 6.07 Å². The van der Waals surface area contributed by atoms with Crippen LogP contribution in [0.5, 0.6) is 5.75 Å². The van der Waals surface area contributed by atoms with Gasteiger partial charge < -0.3 is 15.4 Å². The lowest BCUT2D eigenvalue weighted by Crippen LogP contribution is -2.51. The Morgan fingerprint density at radius 3 is 2.85 bits per heavy atom. The van der Waals surface area contributed by atoms with Gasteiger partial charge in [-0.1, -0.05) is 22.9 Å². The zero-order valence-electron chi connectivity index (χ0n) is 12.1. The molecule has 2 heterocycles. The molecule has 2 aliphatic rings. The summed E-state index contributed by atoms with van der Waals surface area (Å²) >= 11 is 3.51. The molecule has 1 atom stereocenters. The minimum atomic E-state index is -0.0372. The highest BCUT2D eigenvalue weighted by atomic mass is 79.9. The second-order valence-corrected chi connectivity index (χ2v) is 7.04. The predicted octanol–water partition coefficient (Wildman–Crippen LogP) is 3.48. The summed E-state index contributed by atoms with van der Waals surface area (Å²) in [5.41, 5.74) is 7.50. The van der Waals surface area contributed by atoms with Gasteiger partial charge in [-0.15, -0.1) is 0 Å². The normalized spacial score (nSPS) is 25.2. The molecular formula is C16H23BrN2O. The Balaban J connectivity index is 1.76. The van der Waals surface area contributed by atoms with Crippen LogP contribution in [0.4, 0.5) is 0 Å². The van der Waals surface area contributed by atoms with Gasteiger partial charge >= 0.3 is 0 Å². The average molecular weight is 339 g/mol. The standard InChI is InChI=1S/C16H23BrN2O/c1-2-7-19-8-5-16(6-9-19)11-14(18)13-10-12(17)3-4-15(13)20-16/h3-4,10,14H,2,5-9,11,18H2,1H3. The van der Waals surface area contributed by atoms with Crippen LogP contribution in [0.25, 0.3) is 0 Å². The van der Waals surface area contributed by atoms with E-state index in [1.165, 1.54) is 13.0 Å². The van der Waals surface area contributed by atoms with Crippen molar-refractivity contribution in [1.29, 1.82) is 0 Å². The molecule has 2 N–H and O–H groups in total. The highest BCUT2D eigenvalue weighted by molar-refractivity contribution is 9.10. The monoisotopic (exact) mass is 338 g/mol. The highest BCUT2D eigenvalue weighted by Crippen LogP contribution is 2.44.